The molecule has 1 saturated heterocycles. The van der Waals surface area contributed by atoms with Crippen LogP contribution in [0.4, 0.5) is 0 Å². The number of hydrogen-bond acceptors (Lipinski definition) is 6. The fraction of sp³-hybridized carbons (Fsp3) is 0.176. The maximum atomic E-state index is 9.24. The van der Waals surface area contributed by atoms with Gasteiger partial charge in [0.25, 0.3) is 0 Å². The number of benzene rings is 2. The molecule has 8 heteroatoms. The van der Waals surface area contributed by atoms with Crippen molar-refractivity contribution in [2.75, 3.05) is 13.1 Å². The van der Waals surface area contributed by atoms with E-state index < -0.39 is 0 Å². The Morgan fingerprint density at radius 2 is 1.40 bits per heavy atom. The lowest BCUT2D eigenvalue weighted by atomic mass is 10.0. The lowest BCUT2D eigenvalue weighted by molar-refractivity contribution is 0.206. The Balaban J connectivity index is 0.000000162. The van der Waals surface area contributed by atoms with E-state index in [1.807, 2.05) is 66.7 Å². The quantitative estimate of drug-likeness (QED) is 0.242. The highest BCUT2D eigenvalue weighted by molar-refractivity contribution is 5.89. The molecule has 0 aliphatic carbocycles. The topological polar surface area (TPSA) is 134 Å². The summed E-state index contributed by atoms with van der Waals surface area (Å²) in [6.45, 7) is 2.86. The summed E-state index contributed by atoms with van der Waals surface area (Å²) in [5.41, 5.74) is 14.4. The van der Waals surface area contributed by atoms with Gasteiger partial charge in [-0.05, 0) is 55.3 Å². The van der Waals surface area contributed by atoms with Gasteiger partial charge in [-0.2, -0.15) is 10.5 Å². The van der Waals surface area contributed by atoms with E-state index in [9.17, 15) is 5.26 Å². The van der Waals surface area contributed by atoms with Crippen LogP contribution in [-0.2, 0) is 6.54 Å². The van der Waals surface area contributed by atoms with Crippen LogP contribution in [0.1, 0.15) is 29.5 Å². The van der Waals surface area contributed by atoms with Crippen LogP contribution < -0.4 is 5.73 Å². The lowest BCUT2D eigenvalue weighted by Gasteiger charge is -2.30. The monoisotopic (exact) mass is 550 g/mol. The first kappa shape index (κ1) is 26.9. The third-order valence-corrected chi connectivity index (χ3v) is 7.65. The summed E-state index contributed by atoms with van der Waals surface area (Å²) in [6, 6.07) is 30.8. The van der Waals surface area contributed by atoms with Gasteiger partial charge >= 0.3 is 0 Å². The molecule has 7 rings (SSSR count). The van der Waals surface area contributed by atoms with Crippen molar-refractivity contribution >= 4 is 22.1 Å². The Bertz CT molecular complexity index is 1900. The molecule has 1 aliphatic rings. The van der Waals surface area contributed by atoms with Crippen molar-refractivity contribution in [2.24, 2.45) is 5.73 Å². The van der Waals surface area contributed by atoms with Crippen molar-refractivity contribution in [3.63, 3.8) is 0 Å². The summed E-state index contributed by atoms with van der Waals surface area (Å²) in [7, 11) is 0. The van der Waals surface area contributed by atoms with Crippen molar-refractivity contribution in [1.82, 2.24) is 24.8 Å². The molecule has 1 fully saturated rings. The molecule has 0 radical (unpaired) electrons. The van der Waals surface area contributed by atoms with Gasteiger partial charge in [-0.3, -0.25) is 4.90 Å². The molecule has 0 amide bonds. The zero-order valence-electron chi connectivity index (χ0n) is 23.1. The van der Waals surface area contributed by atoms with Gasteiger partial charge in [0.05, 0.1) is 16.8 Å². The summed E-state index contributed by atoms with van der Waals surface area (Å²) in [4.78, 5) is 17.8. The molecule has 8 nitrogen and oxygen atoms in total. The molecular formula is C34H30N8. The second-order valence-electron chi connectivity index (χ2n) is 10.5. The zero-order valence-corrected chi connectivity index (χ0v) is 23.1. The van der Waals surface area contributed by atoms with Crippen molar-refractivity contribution in [1.29, 1.82) is 10.5 Å². The Morgan fingerprint density at radius 1 is 0.786 bits per heavy atom. The van der Waals surface area contributed by atoms with E-state index in [0.29, 0.717) is 17.2 Å². The number of fused-ring (bicyclic) bond motifs is 2. The molecule has 0 saturated carbocycles. The molecule has 6 aromatic rings. The van der Waals surface area contributed by atoms with Gasteiger partial charge in [0.2, 0.25) is 0 Å². The molecule has 1 aliphatic heterocycles. The number of H-pyrrole nitrogens is 2. The van der Waals surface area contributed by atoms with E-state index in [4.69, 9.17) is 11.0 Å². The number of rotatable bonds is 4. The minimum atomic E-state index is 0.319. The zero-order chi connectivity index (χ0) is 28.9. The van der Waals surface area contributed by atoms with Crippen LogP contribution in [0.2, 0.25) is 0 Å². The van der Waals surface area contributed by atoms with E-state index in [-0.39, 0.29) is 0 Å². The predicted octanol–water partition coefficient (Wildman–Crippen LogP) is 6.13. The number of nitrogens with zero attached hydrogens (tertiary/aromatic N) is 5. The van der Waals surface area contributed by atoms with E-state index in [1.165, 1.54) is 5.56 Å². The van der Waals surface area contributed by atoms with Crippen molar-refractivity contribution in [3.05, 3.63) is 108 Å². The van der Waals surface area contributed by atoms with Gasteiger partial charge in [-0.25, -0.2) is 9.97 Å². The van der Waals surface area contributed by atoms with Crippen molar-refractivity contribution < 1.29 is 0 Å². The highest BCUT2D eigenvalue weighted by Crippen LogP contribution is 2.31. The first-order valence-electron chi connectivity index (χ1n) is 14.0. The molecule has 0 atom stereocenters. The van der Waals surface area contributed by atoms with Crippen molar-refractivity contribution in [3.8, 4) is 34.7 Å². The van der Waals surface area contributed by atoms with Crippen LogP contribution in [0, 0.1) is 22.7 Å². The maximum absolute atomic E-state index is 9.24. The van der Waals surface area contributed by atoms with Gasteiger partial charge in [-0.15, -0.1) is 0 Å². The number of aromatic nitrogens is 4. The van der Waals surface area contributed by atoms with E-state index in [0.717, 1.165) is 77.1 Å². The van der Waals surface area contributed by atoms with Gasteiger partial charge in [0.1, 0.15) is 23.4 Å². The summed E-state index contributed by atoms with van der Waals surface area (Å²) in [5.74, 6) is 0. The molecule has 206 valence electrons. The summed E-state index contributed by atoms with van der Waals surface area (Å²) >= 11 is 0. The molecule has 42 heavy (non-hydrogen) atoms. The fourth-order valence-electron chi connectivity index (χ4n) is 5.38. The number of nitriles is 2. The summed E-state index contributed by atoms with van der Waals surface area (Å²) in [5, 5.41) is 20.1. The van der Waals surface area contributed by atoms with Gasteiger partial charge in [0.15, 0.2) is 0 Å². The third-order valence-electron chi connectivity index (χ3n) is 7.65. The first-order chi connectivity index (χ1) is 20.6. The van der Waals surface area contributed by atoms with Crippen LogP contribution in [-0.4, -0.2) is 44.0 Å². The molecule has 4 aromatic heterocycles. The van der Waals surface area contributed by atoms with Crippen LogP contribution in [0.5, 0.6) is 0 Å². The predicted molar refractivity (Wildman–Crippen MR) is 165 cm³/mol. The normalized spacial score (nSPS) is 13.8. The third kappa shape index (κ3) is 5.77. The van der Waals surface area contributed by atoms with E-state index in [2.05, 4.69) is 49.1 Å². The van der Waals surface area contributed by atoms with E-state index >= 15 is 0 Å². The number of nitrogens with one attached hydrogen (secondary N) is 2. The summed E-state index contributed by atoms with van der Waals surface area (Å²) < 4.78 is 0. The van der Waals surface area contributed by atoms with Crippen LogP contribution >= 0.6 is 0 Å². The highest BCUT2D eigenvalue weighted by atomic mass is 15.1. The van der Waals surface area contributed by atoms with Crippen LogP contribution in [0.25, 0.3) is 44.6 Å². The highest BCUT2D eigenvalue weighted by Gasteiger charge is 2.21. The fourth-order valence-corrected chi connectivity index (χ4v) is 5.38. The van der Waals surface area contributed by atoms with Crippen LogP contribution in [0.15, 0.2) is 91.3 Å². The Kier molecular flexibility index (Phi) is 7.74. The van der Waals surface area contributed by atoms with Gasteiger partial charge < -0.3 is 15.7 Å². The van der Waals surface area contributed by atoms with Gasteiger partial charge in [-0.1, -0.05) is 60.7 Å². The molecule has 5 heterocycles. The number of piperidine rings is 1. The smallest absolute Gasteiger partial charge is 0.138 e. The van der Waals surface area contributed by atoms with E-state index in [1.54, 1.807) is 12.4 Å². The average Bonchev–Trinajstić information content (AvgIpc) is 3.64. The SMILES string of the molecule is N#Cc1cnc2[nH]c(-c3ccccc3)c(CN3CCC(N)CC3)c2c1.N#Cc1cnc2[nH]c(-c3ccccc3)cc2c1. The maximum Gasteiger partial charge on any atom is 0.138 e. The minimum absolute atomic E-state index is 0.319. The Morgan fingerprint density at radius 3 is 2.07 bits per heavy atom. The Labute approximate surface area is 244 Å². The first-order valence-corrected chi connectivity index (χ1v) is 14.0. The molecular weight excluding hydrogens is 520 g/mol. The number of likely N-dealkylation sites (tertiary alicyclic amines) is 1. The Hall–Kier alpha value is -5.28. The molecule has 2 aromatic carbocycles. The second-order valence-corrected chi connectivity index (χ2v) is 10.5. The molecule has 0 bridgehead atoms. The standard InChI is InChI=1S/C20H21N5.C14H9N3/c21-11-14-10-17-18(13-25-8-6-16(22)7-9-25)19(24-20(17)23-12-14)15-4-2-1-3-5-15;15-8-10-6-12-7-13(17-14(12)16-9-10)11-4-2-1-3-5-11/h1-5,10,12,16H,6-9,13,22H2,(H,23,24);1-7,9H,(H,16,17). The number of pyridine rings is 2. The molecule has 4 N–H and O–H groups in total. The van der Waals surface area contributed by atoms with Crippen LogP contribution in [0.3, 0.4) is 0 Å². The minimum Gasteiger partial charge on any atom is -0.339 e. The number of nitrogens with two attached hydrogens (primary N) is 1. The molecule has 0 unspecified atom stereocenters. The number of aromatic amines is 2. The lowest BCUT2D eigenvalue weighted by Crippen LogP contribution is -2.39. The van der Waals surface area contributed by atoms with Crippen molar-refractivity contribution in [2.45, 2.75) is 25.4 Å². The largest absolute Gasteiger partial charge is 0.339 e. The molecule has 0 spiro atoms. The second kappa shape index (κ2) is 12.1. The van der Waals surface area contributed by atoms with Gasteiger partial charge in [0, 0.05) is 47.0 Å². The summed E-state index contributed by atoms with van der Waals surface area (Å²) in [6.07, 6.45) is 5.26. The number of hydrogen-bond donors (Lipinski definition) is 3. The average molecular weight is 551 g/mol.